The molecule has 0 unspecified atom stereocenters. The molecule has 2 aromatic carbocycles. The van der Waals surface area contributed by atoms with Crippen molar-refractivity contribution in [2.75, 3.05) is 0 Å². The van der Waals surface area contributed by atoms with Gasteiger partial charge in [-0.25, -0.2) is 4.79 Å². The highest BCUT2D eigenvalue weighted by molar-refractivity contribution is 5.91. The molecular formula is C15H13NO5. The van der Waals surface area contributed by atoms with E-state index >= 15 is 0 Å². The standard InChI is InChI=1S/C15H13NO5/c1-9-3-5-12(15(17)18)14(7-9)21-13-6-4-11(16(19)20)8-10(13)2/h3-8H,1-2H3,(H,17,18). The van der Waals surface area contributed by atoms with E-state index in [9.17, 15) is 14.9 Å². The van der Waals surface area contributed by atoms with Gasteiger partial charge in [-0.15, -0.1) is 0 Å². The number of ether oxygens (including phenoxy) is 1. The van der Waals surface area contributed by atoms with Crippen molar-refractivity contribution in [3.05, 3.63) is 63.2 Å². The van der Waals surface area contributed by atoms with Gasteiger partial charge in [-0.3, -0.25) is 10.1 Å². The molecule has 1 N–H and O–H groups in total. The number of nitro benzene ring substituents is 1. The third-order valence-corrected chi connectivity index (χ3v) is 2.96. The van der Waals surface area contributed by atoms with Crippen LogP contribution in [0.5, 0.6) is 11.5 Å². The van der Waals surface area contributed by atoms with Crippen molar-refractivity contribution >= 4 is 11.7 Å². The molecule has 0 bridgehead atoms. The molecule has 0 radical (unpaired) electrons. The van der Waals surface area contributed by atoms with Crippen molar-refractivity contribution in [1.29, 1.82) is 0 Å². The normalized spacial score (nSPS) is 10.2. The van der Waals surface area contributed by atoms with Crippen LogP contribution in [0.15, 0.2) is 36.4 Å². The van der Waals surface area contributed by atoms with E-state index in [4.69, 9.17) is 9.84 Å². The van der Waals surface area contributed by atoms with Gasteiger partial charge in [0, 0.05) is 12.1 Å². The molecule has 6 nitrogen and oxygen atoms in total. The molecule has 0 aliphatic rings. The highest BCUT2D eigenvalue weighted by atomic mass is 16.6. The lowest BCUT2D eigenvalue weighted by molar-refractivity contribution is -0.384. The van der Waals surface area contributed by atoms with Gasteiger partial charge in [0.2, 0.25) is 0 Å². The van der Waals surface area contributed by atoms with Gasteiger partial charge >= 0.3 is 5.97 Å². The SMILES string of the molecule is Cc1ccc(C(=O)O)c(Oc2ccc([N+](=O)[O-])cc2C)c1. The Balaban J connectivity index is 2.40. The third-order valence-electron chi connectivity index (χ3n) is 2.96. The third kappa shape index (κ3) is 3.17. The molecule has 0 aliphatic heterocycles. The summed E-state index contributed by atoms with van der Waals surface area (Å²) in [6.45, 7) is 3.49. The summed E-state index contributed by atoms with van der Waals surface area (Å²) in [6.07, 6.45) is 0. The average molecular weight is 287 g/mol. The van der Waals surface area contributed by atoms with Crippen LogP contribution in [0.4, 0.5) is 5.69 Å². The molecule has 0 fully saturated rings. The fraction of sp³-hybridized carbons (Fsp3) is 0.133. The average Bonchev–Trinajstić information content (AvgIpc) is 2.40. The van der Waals surface area contributed by atoms with Gasteiger partial charge in [0.1, 0.15) is 17.1 Å². The van der Waals surface area contributed by atoms with Crippen molar-refractivity contribution in [1.82, 2.24) is 0 Å². The Kier molecular flexibility index (Phi) is 3.89. The Morgan fingerprint density at radius 1 is 1.14 bits per heavy atom. The van der Waals surface area contributed by atoms with E-state index in [1.807, 2.05) is 6.92 Å². The largest absolute Gasteiger partial charge is 0.478 e. The Hall–Kier alpha value is -2.89. The molecule has 0 heterocycles. The molecule has 0 spiro atoms. The second-order valence-electron chi connectivity index (χ2n) is 4.61. The predicted octanol–water partition coefficient (Wildman–Crippen LogP) is 3.70. The zero-order valence-electron chi connectivity index (χ0n) is 11.5. The summed E-state index contributed by atoms with van der Waals surface area (Å²) in [5, 5.41) is 19.8. The minimum Gasteiger partial charge on any atom is -0.478 e. The first-order valence-electron chi connectivity index (χ1n) is 6.15. The minimum absolute atomic E-state index is 0.0393. The lowest BCUT2D eigenvalue weighted by Gasteiger charge is -2.11. The predicted molar refractivity (Wildman–Crippen MR) is 76.0 cm³/mol. The number of rotatable bonds is 4. The van der Waals surface area contributed by atoms with Gasteiger partial charge in [0.15, 0.2) is 0 Å². The Morgan fingerprint density at radius 2 is 1.86 bits per heavy atom. The Labute approximate surface area is 120 Å². The van der Waals surface area contributed by atoms with Crippen LogP contribution in [0.25, 0.3) is 0 Å². The van der Waals surface area contributed by atoms with Crippen molar-refractivity contribution < 1.29 is 19.6 Å². The zero-order valence-corrected chi connectivity index (χ0v) is 11.5. The van der Waals surface area contributed by atoms with Crippen molar-refractivity contribution in [3.63, 3.8) is 0 Å². The highest BCUT2D eigenvalue weighted by Crippen LogP contribution is 2.30. The molecule has 0 saturated carbocycles. The van der Waals surface area contributed by atoms with Crippen LogP contribution in [0.3, 0.4) is 0 Å². The molecule has 6 heteroatoms. The number of aromatic carboxylic acids is 1. The minimum atomic E-state index is -1.09. The van der Waals surface area contributed by atoms with E-state index in [0.29, 0.717) is 11.3 Å². The topological polar surface area (TPSA) is 89.7 Å². The maximum absolute atomic E-state index is 11.2. The number of nitrogens with zero attached hydrogens (tertiary/aromatic N) is 1. The van der Waals surface area contributed by atoms with Crippen LogP contribution in [-0.2, 0) is 0 Å². The van der Waals surface area contributed by atoms with Gasteiger partial charge < -0.3 is 9.84 Å². The van der Waals surface area contributed by atoms with Gasteiger partial charge in [0.05, 0.1) is 4.92 Å². The number of aryl methyl sites for hydroxylation is 2. The molecule has 2 aromatic rings. The number of carboxylic acids is 1. The summed E-state index contributed by atoms with van der Waals surface area (Å²) in [7, 11) is 0. The lowest BCUT2D eigenvalue weighted by Crippen LogP contribution is -2.01. The monoisotopic (exact) mass is 287 g/mol. The van der Waals surface area contributed by atoms with Crippen LogP contribution in [-0.4, -0.2) is 16.0 Å². The number of carbonyl (C=O) groups is 1. The first-order valence-corrected chi connectivity index (χ1v) is 6.15. The number of hydrogen-bond acceptors (Lipinski definition) is 4. The molecule has 0 aliphatic carbocycles. The smallest absolute Gasteiger partial charge is 0.339 e. The summed E-state index contributed by atoms with van der Waals surface area (Å²) in [5.74, 6) is -0.502. The fourth-order valence-electron chi connectivity index (χ4n) is 1.87. The summed E-state index contributed by atoms with van der Waals surface area (Å²) in [4.78, 5) is 21.4. The molecule has 21 heavy (non-hydrogen) atoms. The highest BCUT2D eigenvalue weighted by Gasteiger charge is 2.14. The van der Waals surface area contributed by atoms with E-state index in [1.54, 1.807) is 19.1 Å². The van der Waals surface area contributed by atoms with Gasteiger partial charge in [-0.05, 0) is 43.2 Å². The van der Waals surface area contributed by atoms with Gasteiger partial charge in [0.25, 0.3) is 5.69 Å². The van der Waals surface area contributed by atoms with Crippen LogP contribution < -0.4 is 4.74 Å². The van der Waals surface area contributed by atoms with Crippen LogP contribution in [0.2, 0.25) is 0 Å². The second kappa shape index (κ2) is 5.62. The lowest BCUT2D eigenvalue weighted by atomic mass is 10.1. The maximum Gasteiger partial charge on any atom is 0.339 e. The summed E-state index contributed by atoms with van der Waals surface area (Å²) in [5.41, 5.74) is 1.41. The Morgan fingerprint density at radius 3 is 2.43 bits per heavy atom. The molecular weight excluding hydrogens is 274 g/mol. The number of nitro groups is 1. The summed E-state index contributed by atoms with van der Waals surface area (Å²) < 4.78 is 5.61. The number of carboxylic acid groups (broad SMARTS) is 1. The first-order chi connectivity index (χ1) is 9.88. The van der Waals surface area contributed by atoms with Crippen LogP contribution in [0, 0.1) is 24.0 Å². The molecule has 0 saturated heterocycles. The van der Waals surface area contributed by atoms with Gasteiger partial charge in [-0.2, -0.15) is 0 Å². The number of non-ortho nitro benzene ring substituents is 1. The fourth-order valence-corrected chi connectivity index (χ4v) is 1.87. The first kappa shape index (κ1) is 14.5. The van der Waals surface area contributed by atoms with E-state index in [2.05, 4.69) is 0 Å². The van der Waals surface area contributed by atoms with Crippen molar-refractivity contribution in [3.8, 4) is 11.5 Å². The van der Waals surface area contributed by atoms with Crippen LogP contribution in [0.1, 0.15) is 21.5 Å². The molecule has 0 aromatic heterocycles. The maximum atomic E-state index is 11.2. The molecule has 2 rings (SSSR count). The zero-order chi connectivity index (χ0) is 15.6. The molecule has 0 amide bonds. The van der Waals surface area contributed by atoms with E-state index in [1.165, 1.54) is 24.3 Å². The van der Waals surface area contributed by atoms with E-state index < -0.39 is 10.9 Å². The van der Waals surface area contributed by atoms with Crippen LogP contribution >= 0.6 is 0 Å². The summed E-state index contributed by atoms with van der Waals surface area (Å²) >= 11 is 0. The van der Waals surface area contributed by atoms with Crippen molar-refractivity contribution in [2.24, 2.45) is 0 Å². The van der Waals surface area contributed by atoms with E-state index in [0.717, 1.165) is 5.56 Å². The second-order valence-corrected chi connectivity index (χ2v) is 4.61. The molecule has 0 atom stereocenters. The quantitative estimate of drug-likeness (QED) is 0.684. The summed E-state index contributed by atoms with van der Waals surface area (Å²) in [6, 6.07) is 8.92. The number of benzene rings is 2. The Bertz CT molecular complexity index is 724. The van der Waals surface area contributed by atoms with E-state index in [-0.39, 0.29) is 17.0 Å². The van der Waals surface area contributed by atoms with Crippen molar-refractivity contribution in [2.45, 2.75) is 13.8 Å². The molecule has 108 valence electrons. The van der Waals surface area contributed by atoms with Gasteiger partial charge in [-0.1, -0.05) is 6.07 Å². The number of hydrogen-bond donors (Lipinski definition) is 1.